The van der Waals surface area contributed by atoms with Gasteiger partial charge in [-0.2, -0.15) is 5.01 Å². The number of para-hydroxylation sites is 1. The van der Waals surface area contributed by atoms with Crippen LogP contribution in [0.15, 0.2) is 72.8 Å². The van der Waals surface area contributed by atoms with E-state index in [1.54, 1.807) is 26.4 Å². The number of methoxy groups -OCH3 is 2. The third kappa shape index (κ3) is 2.97. The summed E-state index contributed by atoms with van der Waals surface area (Å²) in [6.45, 7) is 0. The third-order valence-electron chi connectivity index (χ3n) is 5.47. The molecule has 6 heteroatoms. The number of fused-ring (bicyclic) bond motifs is 3. The fraction of sp³-hybridized carbons (Fsp3) is 0.167. The summed E-state index contributed by atoms with van der Waals surface area (Å²) in [5.74, 6) is 1.83. The summed E-state index contributed by atoms with van der Waals surface area (Å²) in [4.78, 5) is 0. The van der Waals surface area contributed by atoms with Crippen LogP contribution in [0.4, 0.5) is 4.39 Å². The predicted molar refractivity (Wildman–Crippen MR) is 111 cm³/mol. The lowest BCUT2D eigenvalue weighted by atomic mass is 10.0. The van der Waals surface area contributed by atoms with Gasteiger partial charge in [0.2, 0.25) is 0 Å². The lowest BCUT2D eigenvalue weighted by Gasteiger charge is -2.39. The summed E-state index contributed by atoms with van der Waals surface area (Å²) in [5.41, 5.74) is 6.66. The molecule has 0 spiro atoms. The topological polar surface area (TPSA) is 43.0 Å². The molecule has 0 radical (unpaired) electrons. The van der Waals surface area contributed by atoms with Crippen LogP contribution in [0, 0.1) is 5.82 Å². The second kappa shape index (κ2) is 7.39. The minimum Gasteiger partial charge on any atom is -0.497 e. The molecule has 2 atom stereocenters. The van der Waals surface area contributed by atoms with Gasteiger partial charge in [-0.1, -0.05) is 36.4 Å². The molecule has 5 rings (SSSR count). The van der Waals surface area contributed by atoms with Gasteiger partial charge in [-0.3, -0.25) is 0 Å². The van der Waals surface area contributed by atoms with E-state index in [4.69, 9.17) is 14.2 Å². The van der Waals surface area contributed by atoms with Gasteiger partial charge < -0.3 is 19.6 Å². The largest absolute Gasteiger partial charge is 0.497 e. The predicted octanol–water partition coefficient (Wildman–Crippen LogP) is 4.84. The summed E-state index contributed by atoms with van der Waals surface area (Å²) in [7, 11) is 3.25. The molecule has 0 amide bonds. The molecule has 3 aromatic carbocycles. The van der Waals surface area contributed by atoms with E-state index in [1.807, 2.05) is 53.5 Å². The summed E-state index contributed by atoms with van der Waals surface area (Å²) in [5, 5.41) is 1.93. The minimum atomic E-state index is -0.621. The Morgan fingerprint density at radius 1 is 0.933 bits per heavy atom. The van der Waals surface area contributed by atoms with Gasteiger partial charge in [-0.15, -0.1) is 0 Å². The lowest BCUT2D eigenvalue weighted by Crippen LogP contribution is -2.43. The fourth-order valence-corrected chi connectivity index (χ4v) is 4.00. The average molecular weight is 404 g/mol. The van der Waals surface area contributed by atoms with Crippen molar-refractivity contribution >= 4 is 5.70 Å². The first-order valence-corrected chi connectivity index (χ1v) is 9.69. The number of hydrazine groups is 1. The molecule has 0 bridgehead atoms. The van der Waals surface area contributed by atoms with Crippen LogP contribution in [0.5, 0.6) is 17.2 Å². The highest BCUT2D eigenvalue weighted by Gasteiger charge is 2.41. The zero-order valence-corrected chi connectivity index (χ0v) is 16.6. The van der Waals surface area contributed by atoms with Crippen molar-refractivity contribution in [1.82, 2.24) is 10.4 Å². The van der Waals surface area contributed by atoms with Crippen molar-refractivity contribution < 1.29 is 18.6 Å². The zero-order chi connectivity index (χ0) is 20.7. The molecule has 1 N–H and O–H groups in total. The molecular weight excluding hydrogens is 383 g/mol. The number of halogens is 1. The summed E-state index contributed by atoms with van der Waals surface area (Å²) < 4.78 is 31.8. The van der Waals surface area contributed by atoms with Gasteiger partial charge in [0.15, 0.2) is 6.23 Å². The van der Waals surface area contributed by atoms with Crippen LogP contribution in [-0.2, 0) is 0 Å². The molecule has 0 aromatic heterocycles. The maximum atomic E-state index is 14.6. The maximum absolute atomic E-state index is 14.6. The Kier molecular flexibility index (Phi) is 4.56. The second-order valence-corrected chi connectivity index (χ2v) is 7.14. The average Bonchev–Trinajstić information content (AvgIpc) is 3.24. The Labute approximate surface area is 174 Å². The Balaban J connectivity index is 1.60. The monoisotopic (exact) mass is 404 g/mol. The highest BCUT2D eigenvalue weighted by molar-refractivity contribution is 5.72. The van der Waals surface area contributed by atoms with Gasteiger partial charge in [0.05, 0.1) is 26.0 Å². The Morgan fingerprint density at radius 2 is 1.70 bits per heavy atom. The molecule has 0 unspecified atom stereocenters. The number of rotatable bonds is 4. The highest BCUT2D eigenvalue weighted by atomic mass is 19.1. The number of ether oxygens (including phenoxy) is 3. The number of benzene rings is 3. The van der Waals surface area contributed by atoms with E-state index in [2.05, 4.69) is 11.5 Å². The highest BCUT2D eigenvalue weighted by Crippen LogP contribution is 2.47. The summed E-state index contributed by atoms with van der Waals surface area (Å²) >= 11 is 0. The van der Waals surface area contributed by atoms with Crippen LogP contribution in [-0.4, -0.2) is 19.2 Å². The summed E-state index contributed by atoms with van der Waals surface area (Å²) in [6, 6.07) is 20.1. The third-order valence-corrected chi connectivity index (χ3v) is 5.47. The van der Waals surface area contributed by atoms with E-state index in [1.165, 1.54) is 6.07 Å². The number of nitrogens with one attached hydrogen (secondary N) is 1. The normalized spacial score (nSPS) is 19.8. The molecule has 152 valence electrons. The van der Waals surface area contributed by atoms with Crippen molar-refractivity contribution in [2.45, 2.75) is 12.3 Å². The second-order valence-electron chi connectivity index (χ2n) is 7.14. The molecule has 2 aliphatic rings. The van der Waals surface area contributed by atoms with Crippen LogP contribution in [0.2, 0.25) is 0 Å². The standard InChI is InChI=1S/C24H21FN2O3/c1-28-15-11-12-17(23(13-15)29-2)20-14-21-18-8-4-6-10-22(18)30-24(27(21)26-20)16-7-3-5-9-19(16)25/h3-14,21,24,26H,1-2H3/t21-,24+/m1/s1. The van der Waals surface area contributed by atoms with Crippen LogP contribution in [0.3, 0.4) is 0 Å². The summed E-state index contributed by atoms with van der Waals surface area (Å²) in [6.07, 6.45) is 1.49. The molecule has 0 fully saturated rings. The van der Waals surface area contributed by atoms with Gasteiger partial charge in [0, 0.05) is 22.8 Å². The van der Waals surface area contributed by atoms with Crippen LogP contribution in [0.25, 0.3) is 5.70 Å². The zero-order valence-electron chi connectivity index (χ0n) is 16.6. The molecule has 0 saturated carbocycles. The molecule has 5 nitrogen and oxygen atoms in total. The lowest BCUT2D eigenvalue weighted by molar-refractivity contribution is -0.0347. The van der Waals surface area contributed by atoms with E-state index in [0.29, 0.717) is 17.1 Å². The van der Waals surface area contributed by atoms with Crippen LogP contribution < -0.4 is 19.6 Å². The maximum Gasteiger partial charge on any atom is 0.198 e. The SMILES string of the molecule is COc1ccc(C2=C[C@@H]3c4ccccc4O[C@@H](c4ccccc4F)N3N2)c(OC)c1. The van der Waals surface area contributed by atoms with Crippen molar-refractivity contribution in [3.8, 4) is 17.2 Å². The van der Waals surface area contributed by atoms with Gasteiger partial charge in [0.1, 0.15) is 23.1 Å². The van der Waals surface area contributed by atoms with Crippen LogP contribution in [0.1, 0.15) is 29.0 Å². The number of hydrogen-bond donors (Lipinski definition) is 1. The van der Waals surface area contributed by atoms with Crippen molar-refractivity contribution in [2.75, 3.05) is 14.2 Å². The Morgan fingerprint density at radius 3 is 2.47 bits per heavy atom. The quantitative estimate of drug-likeness (QED) is 0.674. The first kappa shape index (κ1) is 18.5. The molecule has 30 heavy (non-hydrogen) atoms. The molecule has 2 aliphatic heterocycles. The van der Waals surface area contributed by atoms with Gasteiger partial charge in [-0.05, 0) is 30.3 Å². The van der Waals surface area contributed by atoms with E-state index in [-0.39, 0.29) is 11.9 Å². The van der Waals surface area contributed by atoms with Crippen molar-refractivity contribution in [3.63, 3.8) is 0 Å². The van der Waals surface area contributed by atoms with Crippen molar-refractivity contribution in [1.29, 1.82) is 0 Å². The van der Waals surface area contributed by atoms with E-state index in [0.717, 1.165) is 22.6 Å². The van der Waals surface area contributed by atoms with Crippen LogP contribution >= 0.6 is 0 Å². The van der Waals surface area contributed by atoms with E-state index >= 15 is 0 Å². The molecular formula is C24H21FN2O3. The molecule has 0 saturated heterocycles. The van der Waals surface area contributed by atoms with Gasteiger partial charge in [-0.25, -0.2) is 4.39 Å². The van der Waals surface area contributed by atoms with E-state index in [9.17, 15) is 4.39 Å². The Bertz CT molecular complexity index is 1130. The first-order chi connectivity index (χ1) is 14.7. The first-order valence-electron chi connectivity index (χ1n) is 9.69. The Hall–Kier alpha value is -3.51. The van der Waals surface area contributed by atoms with Crippen molar-refractivity contribution in [3.05, 3.63) is 95.3 Å². The molecule has 0 aliphatic carbocycles. The molecule has 3 aromatic rings. The minimum absolute atomic E-state index is 0.124. The number of hydrogen-bond acceptors (Lipinski definition) is 5. The van der Waals surface area contributed by atoms with E-state index < -0.39 is 6.23 Å². The molecule has 2 heterocycles. The fourth-order valence-electron chi connectivity index (χ4n) is 4.00. The van der Waals surface area contributed by atoms with Crippen molar-refractivity contribution in [2.24, 2.45) is 0 Å². The van der Waals surface area contributed by atoms with Gasteiger partial charge >= 0.3 is 0 Å². The number of nitrogens with zero attached hydrogens (tertiary/aromatic N) is 1. The van der Waals surface area contributed by atoms with Gasteiger partial charge in [0.25, 0.3) is 0 Å². The smallest absolute Gasteiger partial charge is 0.198 e.